The van der Waals surface area contributed by atoms with Gasteiger partial charge in [-0.25, -0.2) is 14.4 Å². The molecule has 7 heteroatoms. The summed E-state index contributed by atoms with van der Waals surface area (Å²) in [6.45, 7) is 3.23. The van der Waals surface area contributed by atoms with E-state index in [1.807, 2.05) is 23.1 Å². The van der Waals surface area contributed by atoms with Crippen LogP contribution in [0, 0.1) is 5.82 Å². The molecule has 1 aromatic heterocycles. The van der Waals surface area contributed by atoms with Gasteiger partial charge < -0.3 is 14.5 Å². The average Bonchev–Trinajstić information content (AvgIpc) is 3.57. The molecule has 33 heavy (non-hydrogen) atoms. The van der Waals surface area contributed by atoms with Crippen molar-refractivity contribution in [3.8, 4) is 0 Å². The molecule has 0 bridgehead atoms. The van der Waals surface area contributed by atoms with Crippen LogP contribution in [0.3, 0.4) is 0 Å². The number of aromatic nitrogens is 2. The first-order valence-electron chi connectivity index (χ1n) is 11.5. The number of anilines is 2. The van der Waals surface area contributed by atoms with Crippen LogP contribution in [-0.4, -0.2) is 53.6 Å². The average molecular weight is 445 g/mol. The van der Waals surface area contributed by atoms with Crippen LogP contribution in [0.4, 0.5) is 16.0 Å². The van der Waals surface area contributed by atoms with Gasteiger partial charge in [0, 0.05) is 55.1 Å². The third-order valence-electron chi connectivity index (χ3n) is 7.00. The SMILES string of the molecule is O=C(c1ccc2c(c1)N(c1ncc(Cc3ccccc3F)cn1)CC21CC1)N1CCOCC1. The van der Waals surface area contributed by atoms with E-state index < -0.39 is 0 Å². The minimum Gasteiger partial charge on any atom is -0.378 e. The lowest BCUT2D eigenvalue weighted by Crippen LogP contribution is -2.40. The second-order valence-electron chi connectivity index (χ2n) is 9.16. The Kier molecular flexibility index (Phi) is 4.87. The monoisotopic (exact) mass is 444 g/mol. The molecule has 2 aliphatic heterocycles. The summed E-state index contributed by atoms with van der Waals surface area (Å²) in [5, 5.41) is 0. The molecule has 6 rings (SSSR count). The van der Waals surface area contributed by atoms with Gasteiger partial charge in [-0.05, 0) is 47.7 Å². The van der Waals surface area contributed by atoms with Crippen LogP contribution >= 0.6 is 0 Å². The molecule has 0 N–H and O–H groups in total. The number of carbonyl (C=O) groups is 1. The number of carbonyl (C=O) groups excluding carboxylic acids is 1. The van der Waals surface area contributed by atoms with E-state index in [4.69, 9.17) is 4.74 Å². The van der Waals surface area contributed by atoms with Crippen molar-refractivity contribution < 1.29 is 13.9 Å². The molecule has 2 aromatic carbocycles. The fraction of sp³-hybridized carbons (Fsp3) is 0.346. The molecular weight excluding hydrogens is 419 g/mol. The number of morpholine rings is 1. The maximum absolute atomic E-state index is 14.0. The smallest absolute Gasteiger partial charge is 0.254 e. The molecule has 1 aliphatic carbocycles. The number of nitrogens with zero attached hydrogens (tertiary/aromatic N) is 4. The predicted molar refractivity (Wildman–Crippen MR) is 122 cm³/mol. The topological polar surface area (TPSA) is 58.6 Å². The molecule has 3 aromatic rings. The van der Waals surface area contributed by atoms with Gasteiger partial charge in [-0.3, -0.25) is 4.79 Å². The summed E-state index contributed by atoms with van der Waals surface area (Å²) < 4.78 is 19.4. The Morgan fingerprint density at radius 3 is 2.55 bits per heavy atom. The second kappa shape index (κ2) is 7.92. The molecule has 168 valence electrons. The standard InChI is InChI=1S/C26H25FN4O2/c27-22-4-2-1-3-19(22)13-18-15-28-25(29-16-18)31-17-26(7-8-26)21-6-5-20(14-23(21)31)24(32)30-9-11-33-12-10-30/h1-6,14-16H,7-13,17H2. The van der Waals surface area contributed by atoms with E-state index in [0.717, 1.165) is 30.6 Å². The maximum atomic E-state index is 14.0. The second-order valence-corrected chi connectivity index (χ2v) is 9.16. The molecule has 6 nitrogen and oxygen atoms in total. The van der Waals surface area contributed by atoms with Crippen molar-refractivity contribution in [1.29, 1.82) is 0 Å². The highest BCUT2D eigenvalue weighted by Crippen LogP contribution is 2.57. The fourth-order valence-electron chi connectivity index (χ4n) is 4.96. The normalized spacial score (nSPS) is 18.5. The molecule has 3 heterocycles. The van der Waals surface area contributed by atoms with Gasteiger partial charge in [0.2, 0.25) is 5.95 Å². The van der Waals surface area contributed by atoms with Crippen molar-refractivity contribution in [1.82, 2.24) is 14.9 Å². The van der Waals surface area contributed by atoms with Gasteiger partial charge in [0.1, 0.15) is 5.82 Å². The van der Waals surface area contributed by atoms with Crippen LogP contribution in [0.1, 0.15) is 39.9 Å². The van der Waals surface area contributed by atoms with E-state index in [9.17, 15) is 9.18 Å². The Morgan fingerprint density at radius 2 is 1.82 bits per heavy atom. The van der Waals surface area contributed by atoms with E-state index in [1.165, 1.54) is 11.6 Å². The predicted octanol–water partition coefficient (Wildman–Crippen LogP) is 3.86. The third kappa shape index (κ3) is 3.66. The third-order valence-corrected chi connectivity index (χ3v) is 7.00. The number of fused-ring (bicyclic) bond motifs is 2. The summed E-state index contributed by atoms with van der Waals surface area (Å²) in [5.74, 6) is 0.440. The van der Waals surface area contributed by atoms with Gasteiger partial charge in [-0.2, -0.15) is 0 Å². The Bertz CT molecular complexity index is 1200. The quantitative estimate of drug-likeness (QED) is 0.612. The minimum absolute atomic E-state index is 0.0407. The number of halogens is 1. The Morgan fingerprint density at radius 1 is 1.06 bits per heavy atom. The van der Waals surface area contributed by atoms with Crippen LogP contribution < -0.4 is 4.90 Å². The van der Waals surface area contributed by atoms with Gasteiger partial charge in [0.15, 0.2) is 0 Å². The summed E-state index contributed by atoms with van der Waals surface area (Å²) >= 11 is 0. The van der Waals surface area contributed by atoms with Crippen molar-refractivity contribution in [2.75, 3.05) is 37.7 Å². The summed E-state index contributed by atoms with van der Waals surface area (Å²) in [5.41, 5.74) is 4.62. The highest BCUT2D eigenvalue weighted by Gasteiger charge is 2.52. The van der Waals surface area contributed by atoms with E-state index in [-0.39, 0.29) is 17.1 Å². The van der Waals surface area contributed by atoms with Gasteiger partial charge in [0.05, 0.1) is 13.2 Å². The fourth-order valence-corrected chi connectivity index (χ4v) is 4.96. The summed E-state index contributed by atoms with van der Waals surface area (Å²) in [7, 11) is 0. The molecule has 1 amide bonds. The minimum atomic E-state index is -0.219. The zero-order valence-electron chi connectivity index (χ0n) is 18.3. The lowest BCUT2D eigenvalue weighted by atomic mass is 9.97. The Labute approximate surface area is 192 Å². The number of ether oxygens (including phenoxy) is 1. The van der Waals surface area contributed by atoms with Gasteiger partial charge in [-0.1, -0.05) is 24.3 Å². The van der Waals surface area contributed by atoms with E-state index in [2.05, 4.69) is 20.9 Å². The van der Waals surface area contributed by atoms with E-state index in [0.29, 0.717) is 49.8 Å². The summed E-state index contributed by atoms with van der Waals surface area (Å²) in [4.78, 5) is 26.3. The number of benzene rings is 2. The zero-order chi connectivity index (χ0) is 22.4. The van der Waals surface area contributed by atoms with Gasteiger partial charge >= 0.3 is 0 Å². The lowest BCUT2D eigenvalue weighted by Gasteiger charge is -2.27. The molecular formula is C26H25FN4O2. The molecule has 1 spiro atoms. The number of hydrogen-bond acceptors (Lipinski definition) is 5. The highest BCUT2D eigenvalue weighted by molar-refractivity contribution is 5.96. The number of amides is 1. The zero-order valence-corrected chi connectivity index (χ0v) is 18.3. The van der Waals surface area contributed by atoms with Crippen molar-refractivity contribution in [2.24, 2.45) is 0 Å². The molecule has 1 saturated carbocycles. The Hall–Kier alpha value is -3.32. The number of hydrogen-bond donors (Lipinski definition) is 0. The summed E-state index contributed by atoms with van der Waals surface area (Å²) in [6, 6.07) is 12.8. The molecule has 3 aliphatic rings. The molecule has 0 unspecified atom stereocenters. The van der Waals surface area contributed by atoms with Crippen molar-refractivity contribution in [3.05, 3.63) is 82.9 Å². The van der Waals surface area contributed by atoms with Crippen molar-refractivity contribution >= 4 is 17.5 Å². The van der Waals surface area contributed by atoms with Gasteiger partial charge in [-0.15, -0.1) is 0 Å². The van der Waals surface area contributed by atoms with Crippen molar-refractivity contribution in [3.63, 3.8) is 0 Å². The molecule has 2 fully saturated rings. The van der Waals surface area contributed by atoms with Crippen LogP contribution in [0.5, 0.6) is 0 Å². The number of rotatable bonds is 4. The Balaban J connectivity index is 1.28. The molecule has 1 saturated heterocycles. The summed E-state index contributed by atoms with van der Waals surface area (Å²) in [6.07, 6.45) is 6.27. The van der Waals surface area contributed by atoms with Gasteiger partial charge in [0.25, 0.3) is 5.91 Å². The van der Waals surface area contributed by atoms with Crippen molar-refractivity contribution in [2.45, 2.75) is 24.7 Å². The first-order chi connectivity index (χ1) is 16.1. The first-order valence-corrected chi connectivity index (χ1v) is 11.5. The van der Waals surface area contributed by atoms with E-state index in [1.54, 1.807) is 24.5 Å². The van der Waals surface area contributed by atoms with Crippen LogP contribution in [0.2, 0.25) is 0 Å². The highest BCUT2D eigenvalue weighted by atomic mass is 19.1. The maximum Gasteiger partial charge on any atom is 0.254 e. The molecule has 0 atom stereocenters. The largest absolute Gasteiger partial charge is 0.378 e. The lowest BCUT2D eigenvalue weighted by molar-refractivity contribution is 0.0303. The van der Waals surface area contributed by atoms with E-state index >= 15 is 0 Å². The van der Waals surface area contributed by atoms with Crippen LogP contribution in [-0.2, 0) is 16.6 Å². The van der Waals surface area contributed by atoms with Crippen LogP contribution in [0.15, 0.2) is 54.9 Å². The van der Waals surface area contributed by atoms with Crippen LogP contribution in [0.25, 0.3) is 0 Å². The first kappa shape index (κ1) is 20.3. The molecule has 0 radical (unpaired) electrons.